The van der Waals surface area contributed by atoms with E-state index in [1.54, 1.807) is 0 Å². The molecule has 1 rings (SSSR count). The van der Waals surface area contributed by atoms with E-state index in [4.69, 9.17) is 5.11 Å². The first-order valence-corrected chi connectivity index (χ1v) is 4.68. The zero-order valence-electron chi connectivity index (χ0n) is 8.58. The summed E-state index contributed by atoms with van der Waals surface area (Å²) in [5, 5.41) is 8.49. The number of hydrogen-bond donors (Lipinski definition) is 1. The fourth-order valence-electron chi connectivity index (χ4n) is 1.29. The highest BCUT2D eigenvalue weighted by Gasteiger charge is 2.36. The molecule has 0 saturated heterocycles. The Morgan fingerprint density at radius 3 is 2.19 bits per heavy atom. The molecule has 88 valence electrons. The zero-order chi connectivity index (χ0) is 12.3. The summed E-state index contributed by atoms with van der Waals surface area (Å²) >= 11 is 0. The predicted octanol–water partition coefficient (Wildman–Crippen LogP) is 2.98. The molecular formula is C11H11F3O2. The van der Waals surface area contributed by atoms with E-state index in [0.717, 1.165) is 6.92 Å². The van der Waals surface area contributed by atoms with Crippen LogP contribution in [0.1, 0.15) is 24.0 Å². The number of carbonyl (C=O) groups is 1. The number of carboxylic acid groups (broad SMARTS) is 1. The van der Waals surface area contributed by atoms with Crippen molar-refractivity contribution >= 4 is 5.97 Å². The number of rotatable bonds is 3. The van der Waals surface area contributed by atoms with E-state index in [-0.39, 0.29) is 12.0 Å². The highest BCUT2D eigenvalue weighted by Crippen LogP contribution is 2.34. The van der Waals surface area contributed by atoms with E-state index >= 15 is 0 Å². The van der Waals surface area contributed by atoms with Crippen molar-refractivity contribution in [2.24, 2.45) is 0 Å². The first kappa shape index (κ1) is 12.5. The van der Waals surface area contributed by atoms with Crippen molar-refractivity contribution in [3.63, 3.8) is 0 Å². The summed E-state index contributed by atoms with van der Waals surface area (Å²) in [6.07, 6.45) is -4.45. The van der Waals surface area contributed by atoms with Gasteiger partial charge in [-0.2, -0.15) is 13.2 Å². The van der Waals surface area contributed by atoms with E-state index < -0.39 is 18.1 Å². The summed E-state index contributed by atoms with van der Waals surface area (Å²) in [7, 11) is 0. The first-order chi connectivity index (χ1) is 7.30. The van der Waals surface area contributed by atoms with Gasteiger partial charge in [0, 0.05) is 0 Å². The minimum Gasteiger partial charge on any atom is -0.481 e. The summed E-state index contributed by atoms with van der Waals surface area (Å²) in [5.74, 6) is -2.54. The molecule has 0 bridgehead atoms. The summed E-state index contributed by atoms with van der Waals surface area (Å²) < 4.78 is 37.1. The molecule has 0 fully saturated rings. The summed E-state index contributed by atoms with van der Waals surface area (Å²) in [5.41, 5.74) is 0.632. The van der Waals surface area contributed by atoms with Crippen LogP contribution in [0.3, 0.4) is 0 Å². The van der Waals surface area contributed by atoms with Crippen LogP contribution in [0.2, 0.25) is 0 Å². The molecule has 5 heteroatoms. The number of hydrogen-bond acceptors (Lipinski definition) is 1. The minimum absolute atomic E-state index is 0.140. The molecule has 0 aliphatic rings. The SMILES string of the molecule is CC(c1ccc(CC(=O)O)cc1)C(F)(F)F. The summed E-state index contributed by atoms with van der Waals surface area (Å²) in [6.45, 7) is 1.08. The molecule has 16 heavy (non-hydrogen) atoms. The van der Waals surface area contributed by atoms with E-state index in [0.29, 0.717) is 5.56 Å². The maximum Gasteiger partial charge on any atom is 0.395 e. The van der Waals surface area contributed by atoms with Crippen molar-refractivity contribution in [2.45, 2.75) is 25.4 Å². The molecule has 0 heterocycles. The smallest absolute Gasteiger partial charge is 0.395 e. The van der Waals surface area contributed by atoms with Crippen LogP contribution in [0.4, 0.5) is 13.2 Å². The number of carboxylic acids is 1. The maximum atomic E-state index is 12.4. The Balaban J connectivity index is 2.83. The molecule has 0 aromatic heterocycles. The molecule has 1 aromatic carbocycles. The van der Waals surface area contributed by atoms with Crippen LogP contribution in [0.15, 0.2) is 24.3 Å². The standard InChI is InChI=1S/C11H11F3O2/c1-7(11(12,13)14)9-4-2-8(3-5-9)6-10(15)16/h2-5,7H,6H2,1H3,(H,15,16). The molecule has 1 aromatic rings. The van der Waals surface area contributed by atoms with Crippen molar-refractivity contribution in [3.8, 4) is 0 Å². The average molecular weight is 232 g/mol. The maximum absolute atomic E-state index is 12.4. The van der Waals surface area contributed by atoms with Gasteiger partial charge in [-0.15, -0.1) is 0 Å². The van der Waals surface area contributed by atoms with Gasteiger partial charge in [0.25, 0.3) is 0 Å². The number of halogens is 3. The van der Waals surface area contributed by atoms with Crippen molar-refractivity contribution in [1.82, 2.24) is 0 Å². The van der Waals surface area contributed by atoms with Gasteiger partial charge in [0.1, 0.15) is 0 Å². The largest absolute Gasteiger partial charge is 0.481 e. The van der Waals surface area contributed by atoms with Gasteiger partial charge >= 0.3 is 12.1 Å². The lowest BCUT2D eigenvalue weighted by Crippen LogP contribution is -2.17. The zero-order valence-corrected chi connectivity index (χ0v) is 8.58. The molecule has 1 N–H and O–H groups in total. The van der Waals surface area contributed by atoms with Gasteiger partial charge in [-0.25, -0.2) is 0 Å². The Morgan fingerprint density at radius 1 is 1.31 bits per heavy atom. The van der Waals surface area contributed by atoms with Gasteiger partial charge in [0.15, 0.2) is 0 Å². The fraction of sp³-hybridized carbons (Fsp3) is 0.364. The second kappa shape index (κ2) is 4.55. The molecule has 1 atom stereocenters. The third-order valence-electron chi connectivity index (χ3n) is 2.33. The van der Waals surface area contributed by atoms with Gasteiger partial charge in [-0.05, 0) is 18.1 Å². The molecule has 0 aliphatic carbocycles. The lowest BCUT2D eigenvalue weighted by molar-refractivity contribution is -0.146. The number of benzene rings is 1. The van der Waals surface area contributed by atoms with Crippen LogP contribution >= 0.6 is 0 Å². The molecule has 0 spiro atoms. The molecule has 0 saturated carbocycles. The number of alkyl halides is 3. The van der Waals surface area contributed by atoms with E-state index in [2.05, 4.69) is 0 Å². The third kappa shape index (κ3) is 3.25. The quantitative estimate of drug-likeness (QED) is 0.869. The second-order valence-corrected chi connectivity index (χ2v) is 3.58. The van der Waals surface area contributed by atoms with Crippen molar-refractivity contribution in [3.05, 3.63) is 35.4 Å². The normalized spacial score (nSPS) is 13.5. The third-order valence-corrected chi connectivity index (χ3v) is 2.33. The monoisotopic (exact) mass is 232 g/mol. The van der Waals surface area contributed by atoms with Crippen LogP contribution in [-0.4, -0.2) is 17.3 Å². The van der Waals surface area contributed by atoms with E-state index in [9.17, 15) is 18.0 Å². The van der Waals surface area contributed by atoms with Gasteiger partial charge in [-0.3, -0.25) is 4.79 Å². The number of aliphatic carboxylic acids is 1. The Hall–Kier alpha value is -1.52. The summed E-state index contributed by atoms with van der Waals surface area (Å²) in [4.78, 5) is 10.4. The van der Waals surface area contributed by atoms with Crippen LogP contribution in [0.25, 0.3) is 0 Å². The molecule has 1 unspecified atom stereocenters. The van der Waals surface area contributed by atoms with E-state index in [1.165, 1.54) is 24.3 Å². The van der Waals surface area contributed by atoms with Crippen LogP contribution < -0.4 is 0 Å². The highest BCUT2D eigenvalue weighted by atomic mass is 19.4. The Morgan fingerprint density at radius 2 is 1.81 bits per heavy atom. The van der Waals surface area contributed by atoms with Crippen LogP contribution in [0.5, 0.6) is 0 Å². The topological polar surface area (TPSA) is 37.3 Å². The minimum atomic E-state index is -4.27. The molecule has 0 radical (unpaired) electrons. The van der Waals surface area contributed by atoms with E-state index in [1.807, 2.05) is 0 Å². The van der Waals surface area contributed by atoms with Gasteiger partial charge in [0.2, 0.25) is 0 Å². The lowest BCUT2D eigenvalue weighted by Gasteiger charge is -2.15. The molecule has 0 aliphatic heterocycles. The predicted molar refractivity (Wildman–Crippen MR) is 52.3 cm³/mol. The van der Waals surface area contributed by atoms with Crippen molar-refractivity contribution in [2.75, 3.05) is 0 Å². The van der Waals surface area contributed by atoms with Gasteiger partial charge in [0.05, 0.1) is 12.3 Å². The highest BCUT2D eigenvalue weighted by molar-refractivity contribution is 5.70. The van der Waals surface area contributed by atoms with Gasteiger partial charge in [-0.1, -0.05) is 24.3 Å². The molecular weight excluding hydrogens is 221 g/mol. The second-order valence-electron chi connectivity index (χ2n) is 3.58. The Kier molecular flexibility index (Phi) is 3.57. The molecule has 0 amide bonds. The average Bonchev–Trinajstić information content (AvgIpc) is 2.15. The first-order valence-electron chi connectivity index (χ1n) is 4.68. The van der Waals surface area contributed by atoms with Crippen molar-refractivity contribution in [1.29, 1.82) is 0 Å². The summed E-state index contributed by atoms with van der Waals surface area (Å²) in [6, 6.07) is 5.45. The van der Waals surface area contributed by atoms with Crippen LogP contribution in [0, 0.1) is 0 Å². The Labute approximate surface area is 90.7 Å². The van der Waals surface area contributed by atoms with Gasteiger partial charge < -0.3 is 5.11 Å². The van der Waals surface area contributed by atoms with Crippen molar-refractivity contribution < 1.29 is 23.1 Å². The fourth-order valence-corrected chi connectivity index (χ4v) is 1.29. The Bertz CT molecular complexity index is 368. The molecule has 2 nitrogen and oxygen atoms in total. The lowest BCUT2D eigenvalue weighted by atomic mass is 9.99. The van der Waals surface area contributed by atoms with Crippen LogP contribution in [-0.2, 0) is 11.2 Å².